The zero-order chi connectivity index (χ0) is 14.7. The van der Waals surface area contributed by atoms with E-state index in [1.54, 1.807) is 0 Å². The Balaban J connectivity index is 1.65. The van der Waals surface area contributed by atoms with Crippen LogP contribution in [-0.4, -0.2) is 31.1 Å². The molecule has 2 unspecified atom stereocenters. The third-order valence-electron chi connectivity index (χ3n) is 4.26. The van der Waals surface area contributed by atoms with Gasteiger partial charge in [0.15, 0.2) is 0 Å². The monoisotopic (exact) mass is 282 g/mol. The van der Waals surface area contributed by atoms with Gasteiger partial charge in [0.25, 0.3) is 0 Å². The van der Waals surface area contributed by atoms with Crippen LogP contribution in [0, 0.1) is 0 Å². The van der Waals surface area contributed by atoms with Crippen molar-refractivity contribution in [3.63, 3.8) is 0 Å². The molecule has 110 valence electrons. The number of para-hydroxylation sites is 1. The molecule has 0 spiro atoms. The maximum absolute atomic E-state index is 6.44. The first-order chi connectivity index (χ1) is 10.3. The van der Waals surface area contributed by atoms with Gasteiger partial charge >= 0.3 is 0 Å². The molecule has 0 saturated heterocycles. The molecule has 3 heteroatoms. The fourth-order valence-electron chi connectivity index (χ4n) is 2.89. The van der Waals surface area contributed by atoms with Crippen LogP contribution < -0.4 is 10.5 Å². The number of nitrogens with zero attached hydrogens (tertiary/aromatic N) is 1. The minimum Gasteiger partial charge on any atom is -0.492 e. The summed E-state index contributed by atoms with van der Waals surface area (Å²) >= 11 is 0. The molecule has 0 saturated carbocycles. The van der Waals surface area contributed by atoms with Crippen molar-refractivity contribution in [3.05, 3.63) is 65.7 Å². The highest BCUT2D eigenvalue weighted by molar-refractivity contribution is 5.38. The summed E-state index contributed by atoms with van der Waals surface area (Å²) in [6.07, 6.45) is 1.03. The molecule has 2 atom stereocenters. The lowest BCUT2D eigenvalue weighted by atomic mass is 9.96. The Morgan fingerprint density at radius 2 is 1.81 bits per heavy atom. The minimum atomic E-state index is 0.00993. The smallest absolute Gasteiger partial charge is 0.124 e. The first-order valence-corrected chi connectivity index (χ1v) is 7.47. The van der Waals surface area contributed by atoms with Gasteiger partial charge in [-0.3, -0.25) is 4.90 Å². The van der Waals surface area contributed by atoms with Gasteiger partial charge in [0.1, 0.15) is 12.4 Å². The Kier molecular flexibility index (Phi) is 4.23. The molecule has 0 bridgehead atoms. The molecule has 21 heavy (non-hydrogen) atoms. The molecule has 3 nitrogen and oxygen atoms in total. The van der Waals surface area contributed by atoms with Gasteiger partial charge < -0.3 is 10.5 Å². The molecule has 3 rings (SSSR count). The van der Waals surface area contributed by atoms with E-state index >= 15 is 0 Å². The molecule has 0 radical (unpaired) electrons. The molecular formula is C18H22N2O. The summed E-state index contributed by atoms with van der Waals surface area (Å²) in [6, 6.07) is 18.9. The number of benzene rings is 2. The number of hydrogen-bond acceptors (Lipinski definition) is 3. The largest absolute Gasteiger partial charge is 0.492 e. The molecule has 2 aromatic carbocycles. The van der Waals surface area contributed by atoms with E-state index in [1.165, 1.54) is 5.56 Å². The van der Waals surface area contributed by atoms with Gasteiger partial charge in [0.2, 0.25) is 0 Å². The molecule has 0 aromatic heterocycles. The average molecular weight is 282 g/mol. The third-order valence-corrected chi connectivity index (χ3v) is 4.26. The van der Waals surface area contributed by atoms with Crippen LogP contribution in [0.15, 0.2) is 54.6 Å². The van der Waals surface area contributed by atoms with E-state index in [9.17, 15) is 0 Å². The Morgan fingerprint density at radius 1 is 1.10 bits per heavy atom. The minimum absolute atomic E-state index is 0.00993. The highest BCUT2D eigenvalue weighted by atomic mass is 16.5. The lowest BCUT2D eigenvalue weighted by Gasteiger charge is -2.37. The van der Waals surface area contributed by atoms with Crippen LogP contribution in [0.3, 0.4) is 0 Å². The van der Waals surface area contributed by atoms with Crippen molar-refractivity contribution in [1.82, 2.24) is 4.90 Å². The van der Waals surface area contributed by atoms with Crippen LogP contribution in [0.4, 0.5) is 0 Å². The van der Waals surface area contributed by atoms with Gasteiger partial charge in [-0.1, -0.05) is 48.5 Å². The lowest BCUT2D eigenvalue weighted by Crippen LogP contribution is -2.47. The molecule has 0 aliphatic carbocycles. The van der Waals surface area contributed by atoms with E-state index in [0.717, 1.165) is 24.3 Å². The molecule has 2 aromatic rings. The van der Waals surface area contributed by atoms with Crippen LogP contribution in [-0.2, 0) is 6.42 Å². The van der Waals surface area contributed by atoms with Crippen LogP contribution in [0.25, 0.3) is 0 Å². The summed E-state index contributed by atoms with van der Waals surface area (Å²) < 4.78 is 5.86. The van der Waals surface area contributed by atoms with E-state index in [1.807, 2.05) is 18.2 Å². The van der Waals surface area contributed by atoms with Crippen LogP contribution in [0.1, 0.15) is 17.2 Å². The highest BCUT2D eigenvalue weighted by Crippen LogP contribution is 2.32. The van der Waals surface area contributed by atoms with Crippen molar-refractivity contribution in [2.45, 2.75) is 18.5 Å². The van der Waals surface area contributed by atoms with Crippen molar-refractivity contribution in [2.24, 2.45) is 5.73 Å². The second-order valence-corrected chi connectivity index (χ2v) is 5.66. The lowest BCUT2D eigenvalue weighted by molar-refractivity contribution is 0.120. The summed E-state index contributed by atoms with van der Waals surface area (Å²) in [6.45, 7) is 1.64. The Hall–Kier alpha value is -1.84. The molecule has 1 heterocycles. The second-order valence-electron chi connectivity index (χ2n) is 5.66. The molecule has 1 aliphatic rings. The molecule has 0 amide bonds. The van der Waals surface area contributed by atoms with Crippen molar-refractivity contribution in [3.8, 4) is 5.75 Å². The van der Waals surface area contributed by atoms with Gasteiger partial charge in [-0.2, -0.15) is 0 Å². The van der Waals surface area contributed by atoms with Crippen molar-refractivity contribution < 1.29 is 4.74 Å². The summed E-state index contributed by atoms with van der Waals surface area (Å²) in [5.74, 6) is 0.928. The molecule has 2 N–H and O–H groups in total. The first-order valence-electron chi connectivity index (χ1n) is 7.47. The van der Waals surface area contributed by atoms with Crippen molar-refractivity contribution in [2.75, 3.05) is 20.2 Å². The fraction of sp³-hybridized carbons (Fsp3) is 0.333. The van der Waals surface area contributed by atoms with Crippen LogP contribution in [0.2, 0.25) is 0 Å². The predicted molar refractivity (Wildman–Crippen MR) is 85.4 cm³/mol. The average Bonchev–Trinajstić information content (AvgIpc) is 2.54. The number of likely N-dealkylation sites (N-methyl/N-ethyl adjacent to an activating group) is 1. The van der Waals surface area contributed by atoms with Crippen molar-refractivity contribution in [1.29, 1.82) is 0 Å². The van der Waals surface area contributed by atoms with Gasteiger partial charge in [-0.25, -0.2) is 0 Å². The van der Waals surface area contributed by atoms with Crippen molar-refractivity contribution >= 4 is 0 Å². The maximum atomic E-state index is 6.44. The van der Waals surface area contributed by atoms with E-state index < -0.39 is 0 Å². The number of hydrogen-bond donors (Lipinski definition) is 1. The van der Waals surface area contributed by atoms with E-state index in [-0.39, 0.29) is 12.1 Å². The predicted octanol–water partition coefficient (Wildman–Crippen LogP) is 2.62. The van der Waals surface area contributed by atoms with Gasteiger partial charge in [0, 0.05) is 12.1 Å². The molecular weight excluding hydrogens is 260 g/mol. The SMILES string of the molecule is CN(CCc1ccccc1)C1COc2ccccc2C1N. The summed E-state index contributed by atoms with van der Waals surface area (Å²) in [7, 11) is 2.13. The molecule has 1 aliphatic heterocycles. The molecule has 0 fully saturated rings. The Morgan fingerprint density at radius 3 is 2.62 bits per heavy atom. The summed E-state index contributed by atoms with van der Waals surface area (Å²) in [5.41, 5.74) is 8.91. The quantitative estimate of drug-likeness (QED) is 0.937. The third kappa shape index (κ3) is 3.09. The number of nitrogens with two attached hydrogens (primary N) is 1. The fourth-order valence-corrected chi connectivity index (χ4v) is 2.89. The zero-order valence-corrected chi connectivity index (χ0v) is 12.4. The Labute approximate surface area is 126 Å². The topological polar surface area (TPSA) is 38.5 Å². The second kappa shape index (κ2) is 6.29. The highest BCUT2D eigenvalue weighted by Gasteiger charge is 2.30. The van der Waals surface area contributed by atoms with Gasteiger partial charge in [0.05, 0.1) is 12.1 Å². The van der Waals surface area contributed by atoms with Gasteiger partial charge in [-0.15, -0.1) is 0 Å². The van der Waals surface area contributed by atoms with Crippen LogP contribution in [0.5, 0.6) is 5.75 Å². The maximum Gasteiger partial charge on any atom is 0.124 e. The number of rotatable bonds is 4. The normalized spacial score (nSPS) is 20.9. The summed E-state index contributed by atoms with van der Waals surface area (Å²) in [4.78, 5) is 2.31. The standard InChI is InChI=1S/C18H22N2O/c1-20(12-11-14-7-3-2-4-8-14)16-13-21-17-10-6-5-9-15(17)18(16)19/h2-10,16,18H,11-13,19H2,1H3. The van der Waals surface area contributed by atoms with E-state index in [0.29, 0.717) is 6.61 Å². The van der Waals surface area contributed by atoms with Gasteiger partial charge in [-0.05, 0) is 25.1 Å². The first kappa shape index (κ1) is 14.1. The number of ether oxygens (including phenoxy) is 1. The number of fused-ring (bicyclic) bond motifs is 1. The summed E-state index contributed by atoms with van der Waals surface area (Å²) in [5, 5.41) is 0. The van der Waals surface area contributed by atoms with E-state index in [2.05, 4.69) is 48.3 Å². The zero-order valence-electron chi connectivity index (χ0n) is 12.4. The Bertz CT molecular complexity index is 585. The van der Waals surface area contributed by atoms with Crippen LogP contribution >= 0.6 is 0 Å². The van der Waals surface area contributed by atoms with E-state index in [4.69, 9.17) is 10.5 Å².